The van der Waals surface area contributed by atoms with Gasteiger partial charge in [0.2, 0.25) is 6.17 Å². The maximum atomic E-state index is 13.4. The Labute approximate surface area is 227 Å². The maximum absolute atomic E-state index is 13.4. The van der Waals surface area contributed by atoms with Crippen molar-refractivity contribution in [3.05, 3.63) is 89.1 Å². The Morgan fingerprint density at radius 2 is 1.85 bits per heavy atom. The number of benzodiazepines with no additional fused rings is 1. The van der Waals surface area contributed by atoms with Crippen molar-refractivity contribution >= 4 is 23.3 Å². The molecule has 40 heavy (non-hydrogen) atoms. The van der Waals surface area contributed by atoms with Crippen LogP contribution in [0.2, 0.25) is 0 Å². The Morgan fingerprint density at radius 3 is 2.60 bits per heavy atom. The number of pyridine rings is 1. The number of benzene rings is 2. The molecule has 1 aliphatic rings. The molecular weight excluding hydrogens is 525 g/mol. The molecule has 5 rings (SSSR count). The Kier molecular flexibility index (Phi) is 7.60. The third kappa shape index (κ3) is 5.71. The Morgan fingerprint density at radius 1 is 1.10 bits per heavy atom. The molecule has 0 saturated carbocycles. The molecule has 0 saturated heterocycles. The maximum Gasteiger partial charge on any atom is 0.417 e. The normalized spacial score (nSPS) is 16.0. The molecule has 0 unspecified atom stereocenters. The average Bonchev–Trinajstić information content (AvgIpc) is 3.37. The van der Waals surface area contributed by atoms with Crippen LogP contribution in [-0.4, -0.2) is 46.7 Å². The van der Waals surface area contributed by atoms with E-state index in [4.69, 9.17) is 9.15 Å². The lowest BCUT2D eigenvalue weighted by Crippen LogP contribution is -2.32. The molecule has 4 aromatic rings. The summed E-state index contributed by atoms with van der Waals surface area (Å²) in [5.74, 6) is -0.906. The van der Waals surface area contributed by atoms with E-state index >= 15 is 0 Å². The van der Waals surface area contributed by atoms with Crippen molar-refractivity contribution in [2.24, 2.45) is 4.99 Å². The van der Waals surface area contributed by atoms with E-state index < -0.39 is 23.8 Å². The van der Waals surface area contributed by atoms with Gasteiger partial charge in [-0.25, -0.2) is 4.99 Å². The summed E-state index contributed by atoms with van der Waals surface area (Å²) >= 11 is 0. The number of halogens is 3. The van der Waals surface area contributed by atoms with Crippen LogP contribution in [0, 0.1) is 0 Å². The summed E-state index contributed by atoms with van der Waals surface area (Å²) in [7, 11) is 1.52. The van der Waals surface area contributed by atoms with Gasteiger partial charge in [0, 0.05) is 31.0 Å². The number of carbonyl (C=O) groups excluding carboxylic acids is 1. The summed E-state index contributed by atoms with van der Waals surface area (Å²) in [4.78, 5) is 21.8. The number of carbonyl (C=O) groups is 1. The van der Waals surface area contributed by atoms with Crippen molar-refractivity contribution in [3.63, 3.8) is 0 Å². The molecule has 0 radical (unpaired) electrons. The third-order valence-corrected chi connectivity index (χ3v) is 6.41. The predicted molar refractivity (Wildman–Crippen MR) is 142 cm³/mol. The molecule has 9 nitrogen and oxygen atoms in total. The number of hydrogen-bond acceptors (Lipinski definition) is 8. The van der Waals surface area contributed by atoms with Crippen molar-refractivity contribution in [2.75, 3.05) is 24.4 Å². The summed E-state index contributed by atoms with van der Waals surface area (Å²) in [5.41, 5.74) is 2.22. The number of nitrogens with one attached hydrogen (secondary N) is 2. The van der Waals surface area contributed by atoms with Crippen LogP contribution in [0.1, 0.15) is 41.5 Å². The van der Waals surface area contributed by atoms with Gasteiger partial charge in [-0.05, 0) is 30.0 Å². The van der Waals surface area contributed by atoms with Gasteiger partial charge < -0.3 is 19.8 Å². The van der Waals surface area contributed by atoms with Crippen LogP contribution < -0.4 is 10.6 Å². The van der Waals surface area contributed by atoms with Crippen molar-refractivity contribution in [1.29, 1.82) is 0 Å². The molecular formula is C28H25F3N6O3. The van der Waals surface area contributed by atoms with Crippen molar-refractivity contribution in [2.45, 2.75) is 31.6 Å². The summed E-state index contributed by atoms with van der Waals surface area (Å²) in [5, 5.41) is 13.7. The molecule has 2 N–H and O–H groups in total. The number of methoxy groups -OCH3 is 1. The van der Waals surface area contributed by atoms with E-state index in [0.717, 1.165) is 23.4 Å². The van der Waals surface area contributed by atoms with Crippen LogP contribution in [0.4, 0.5) is 24.9 Å². The van der Waals surface area contributed by atoms with Crippen molar-refractivity contribution < 1.29 is 27.1 Å². The van der Waals surface area contributed by atoms with Gasteiger partial charge in [-0.3, -0.25) is 9.78 Å². The first-order valence-electron chi connectivity index (χ1n) is 12.4. The van der Waals surface area contributed by atoms with Gasteiger partial charge >= 0.3 is 12.2 Å². The van der Waals surface area contributed by atoms with Crippen LogP contribution in [0.3, 0.4) is 0 Å². The monoisotopic (exact) mass is 550 g/mol. The second kappa shape index (κ2) is 11.3. The zero-order valence-corrected chi connectivity index (χ0v) is 21.6. The average molecular weight is 551 g/mol. The molecule has 0 spiro atoms. The number of hydrogen-bond donors (Lipinski definition) is 2. The molecule has 2 aromatic carbocycles. The first kappa shape index (κ1) is 27.0. The highest BCUT2D eigenvalue weighted by Crippen LogP contribution is 2.36. The largest absolute Gasteiger partial charge is 0.417 e. The number of amides is 1. The number of aromatic nitrogens is 3. The second-order valence-corrected chi connectivity index (χ2v) is 9.18. The van der Waals surface area contributed by atoms with Crippen molar-refractivity contribution in [1.82, 2.24) is 15.2 Å². The first-order valence-corrected chi connectivity index (χ1v) is 12.4. The number of aliphatic imine (C=N–C) groups is 1. The smallest absolute Gasteiger partial charge is 0.402 e. The van der Waals surface area contributed by atoms with Crippen LogP contribution in [0.5, 0.6) is 0 Å². The molecule has 1 amide bonds. The van der Waals surface area contributed by atoms with E-state index in [2.05, 4.69) is 30.8 Å². The minimum absolute atomic E-state index is 0.0972. The highest BCUT2D eigenvalue weighted by atomic mass is 19.4. The van der Waals surface area contributed by atoms with E-state index in [9.17, 15) is 18.0 Å². The summed E-state index contributed by atoms with van der Waals surface area (Å²) in [6.07, 6.45) is -4.53. The number of anilines is 2. The molecule has 2 aromatic heterocycles. The summed E-state index contributed by atoms with van der Waals surface area (Å²) < 4.78 is 51.1. The number of nitrogens with zero attached hydrogens (tertiary/aromatic N) is 4. The molecule has 0 aliphatic carbocycles. The van der Waals surface area contributed by atoms with Gasteiger partial charge in [0.1, 0.15) is 5.69 Å². The quantitative estimate of drug-likeness (QED) is 0.297. The molecule has 206 valence electrons. The fourth-order valence-electron chi connectivity index (χ4n) is 4.32. The van der Waals surface area contributed by atoms with Crippen LogP contribution in [0.15, 0.2) is 76.3 Å². The van der Waals surface area contributed by atoms with Gasteiger partial charge in [-0.15, -0.1) is 5.10 Å². The second-order valence-electron chi connectivity index (χ2n) is 9.18. The van der Waals surface area contributed by atoms with E-state index in [0.29, 0.717) is 24.4 Å². The SMILES string of the molecule is COCC[C@H](C)c1cc(C(F)(F)F)cnc1-c1nnc(N[C@@H]2N=C(c3ccccc3)c3ccccc3NC2=O)o1. The zero-order chi connectivity index (χ0) is 28.3. The standard InChI is InChI=1S/C28H25F3N6O3/c1-16(12-13-39-2)20-14-18(28(29,30)31)15-32-23(20)26-36-37-27(40-26)35-24-25(38)33-21-11-7-6-10-19(21)22(34-24)17-8-4-3-5-9-17/h3-11,14-16,24H,12-13H2,1-2H3,(H,33,38)(H,35,37)/t16-,24-/m0/s1. The molecule has 0 fully saturated rings. The fraction of sp³-hybridized carbons (Fsp3) is 0.250. The van der Waals surface area contributed by atoms with Crippen LogP contribution in [0.25, 0.3) is 11.6 Å². The molecule has 3 heterocycles. The van der Waals surface area contributed by atoms with Gasteiger partial charge in [-0.2, -0.15) is 13.2 Å². The van der Waals surface area contributed by atoms with E-state index in [1.807, 2.05) is 48.5 Å². The van der Waals surface area contributed by atoms with Gasteiger partial charge in [-0.1, -0.05) is 60.6 Å². The zero-order valence-electron chi connectivity index (χ0n) is 21.6. The van der Waals surface area contributed by atoms with Gasteiger partial charge in [0.25, 0.3) is 11.8 Å². The molecule has 0 bridgehead atoms. The summed E-state index contributed by atoms with van der Waals surface area (Å²) in [6.45, 7) is 2.11. The lowest BCUT2D eigenvalue weighted by atomic mass is 9.95. The van der Waals surface area contributed by atoms with E-state index in [-0.39, 0.29) is 29.1 Å². The number of fused-ring (bicyclic) bond motifs is 1. The lowest BCUT2D eigenvalue weighted by molar-refractivity contribution is -0.137. The highest BCUT2D eigenvalue weighted by Gasteiger charge is 2.33. The lowest BCUT2D eigenvalue weighted by Gasteiger charge is -2.16. The number of para-hydroxylation sites is 1. The Hall–Kier alpha value is -4.58. The molecule has 1 aliphatic heterocycles. The van der Waals surface area contributed by atoms with Crippen LogP contribution >= 0.6 is 0 Å². The number of ether oxygens (including phenoxy) is 1. The topological polar surface area (TPSA) is 115 Å². The van der Waals surface area contributed by atoms with E-state index in [1.165, 1.54) is 7.11 Å². The molecule has 2 atom stereocenters. The molecule has 12 heteroatoms. The fourth-order valence-corrected chi connectivity index (χ4v) is 4.32. The Balaban J connectivity index is 1.48. The van der Waals surface area contributed by atoms with Gasteiger partial charge in [0.05, 0.1) is 17.0 Å². The van der Waals surface area contributed by atoms with Gasteiger partial charge in [0.15, 0.2) is 0 Å². The number of rotatable bonds is 8. The highest BCUT2D eigenvalue weighted by molar-refractivity contribution is 6.19. The van der Waals surface area contributed by atoms with E-state index in [1.54, 1.807) is 13.0 Å². The summed E-state index contributed by atoms with van der Waals surface area (Å²) in [6, 6.07) is 17.6. The minimum atomic E-state index is -4.57. The predicted octanol–water partition coefficient (Wildman–Crippen LogP) is 5.52. The third-order valence-electron chi connectivity index (χ3n) is 6.41. The van der Waals surface area contributed by atoms with Crippen LogP contribution in [-0.2, 0) is 15.7 Å². The van der Waals surface area contributed by atoms with Crippen molar-refractivity contribution in [3.8, 4) is 11.6 Å². The minimum Gasteiger partial charge on any atom is -0.402 e. The first-order chi connectivity index (χ1) is 19.2. The number of alkyl halides is 3. The Bertz CT molecular complexity index is 1540.